The molecule has 0 radical (unpaired) electrons. The lowest BCUT2D eigenvalue weighted by atomic mass is 10.2. The number of amidine groups is 1. The van der Waals surface area contributed by atoms with Crippen molar-refractivity contribution in [3.8, 4) is 16.5 Å². The van der Waals surface area contributed by atoms with Crippen LogP contribution in [-0.2, 0) is 6.54 Å². The second kappa shape index (κ2) is 8.07. The van der Waals surface area contributed by atoms with Crippen molar-refractivity contribution in [1.82, 2.24) is 19.4 Å². The van der Waals surface area contributed by atoms with Crippen LogP contribution in [0.4, 0.5) is 0 Å². The Morgan fingerprint density at radius 2 is 1.97 bits per heavy atom. The molecule has 156 valence electrons. The van der Waals surface area contributed by atoms with Crippen LogP contribution in [0.1, 0.15) is 18.4 Å². The number of thiophene rings is 1. The number of aromatic nitrogens is 3. The molecule has 0 spiro atoms. The van der Waals surface area contributed by atoms with Gasteiger partial charge >= 0.3 is 0 Å². The second-order valence-electron chi connectivity index (χ2n) is 7.36. The first kappa shape index (κ1) is 20.2. The first-order chi connectivity index (χ1) is 15.0. The predicted molar refractivity (Wildman–Crippen MR) is 126 cm³/mol. The highest BCUT2D eigenvalue weighted by molar-refractivity contribution is 7.13. The molecule has 0 atom stereocenters. The van der Waals surface area contributed by atoms with Crippen LogP contribution in [-0.4, -0.2) is 31.8 Å². The van der Waals surface area contributed by atoms with Gasteiger partial charge in [-0.1, -0.05) is 23.2 Å². The van der Waals surface area contributed by atoms with E-state index < -0.39 is 0 Å². The highest BCUT2D eigenvalue weighted by atomic mass is 35.5. The molecule has 1 fully saturated rings. The Balaban J connectivity index is 1.66. The maximum absolute atomic E-state index is 13.4. The van der Waals surface area contributed by atoms with E-state index >= 15 is 0 Å². The number of nitrogens with one attached hydrogen (secondary N) is 1. The first-order valence-corrected chi connectivity index (χ1v) is 11.4. The van der Waals surface area contributed by atoms with Crippen molar-refractivity contribution < 1.29 is 0 Å². The van der Waals surface area contributed by atoms with Crippen LogP contribution in [0.3, 0.4) is 0 Å². The molecule has 5 rings (SSSR count). The quantitative estimate of drug-likeness (QED) is 0.434. The third-order valence-corrected chi connectivity index (χ3v) is 6.68. The lowest BCUT2D eigenvalue weighted by molar-refractivity contribution is 0.447. The number of fused-ring (bicyclic) bond motifs is 1. The zero-order valence-electron chi connectivity index (χ0n) is 16.3. The number of likely N-dealkylation sites (tertiary alicyclic amines) is 1. The molecule has 1 saturated heterocycles. The van der Waals surface area contributed by atoms with Gasteiger partial charge in [0.15, 0.2) is 5.82 Å². The van der Waals surface area contributed by atoms with Gasteiger partial charge in [0, 0.05) is 30.7 Å². The van der Waals surface area contributed by atoms with Crippen molar-refractivity contribution in [3.05, 3.63) is 73.9 Å². The maximum atomic E-state index is 13.4. The Morgan fingerprint density at radius 1 is 1.13 bits per heavy atom. The van der Waals surface area contributed by atoms with Crippen LogP contribution >= 0.6 is 34.5 Å². The molecule has 0 aliphatic carbocycles. The summed E-state index contributed by atoms with van der Waals surface area (Å²) in [5.41, 5.74) is 1.42. The number of rotatable bonds is 4. The van der Waals surface area contributed by atoms with Gasteiger partial charge in [0.1, 0.15) is 5.82 Å². The summed E-state index contributed by atoms with van der Waals surface area (Å²) in [7, 11) is 0. The number of hydrogen-bond donors (Lipinski definition) is 1. The zero-order chi connectivity index (χ0) is 21.5. The van der Waals surface area contributed by atoms with Gasteiger partial charge in [0.2, 0.25) is 0 Å². The van der Waals surface area contributed by atoms with E-state index in [0.29, 0.717) is 45.0 Å². The fraction of sp³-hybridized carbons (Fsp3) is 0.182. The highest BCUT2D eigenvalue weighted by Gasteiger charge is 2.20. The minimum absolute atomic E-state index is 0.242. The molecular formula is C22H17Cl2N5OS. The maximum Gasteiger partial charge on any atom is 0.267 e. The largest absolute Gasteiger partial charge is 0.356 e. The molecule has 0 unspecified atom stereocenters. The molecule has 0 bridgehead atoms. The van der Waals surface area contributed by atoms with E-state index in [9.17, 15) is 4.79 Å². The molecule has 9 heteroatoms. The summed E-state index contributed by atoms with van der Waals surface area (Å²) in [6.45, 7) is 1.58. The summed E-state index contributed by atoms with van der Waals surface area (Å²) >= 11 is 13.7. The van der Waals surface area contributed by atoms with Gasteiger partial charge in [-0.25, -0.2) is 14.5 Å². The molecule has 4 aromatic rings. The van der Waals surface area contributed by atoms with Crippen LogP contribution < -0.4 is 5.56 Å². The SMILES string of the molecule is N=C1CCCN1Cc1csc(-c2nc3ccc(Cl)cc3c(=O)n2-c2ccc(Cl)cn2)c1. The van der Waals surface area contributed by atoms with E-state index in [-0.39, 0.29) is 5.56 Å². The Labute approximate surface area is 192 Å². The van der Waals surface area contributed by atoms with Crippen LogP contribution in [0.5, 0.6) is 0 Å². The van der Waals surface area contributed by atoms with E-state index in [1.54, 1.807) is 30.3 Å². The normalized spacial score (nSPS) is 14.0. The monoisotopic (exact) mass is 469 g/mol. The van der Waals surface area contributed by atoms with Gasteiger partial charge in [-0.15, -0.1) is 11.3 Å². The Kier molecular flexibility index (Phi) is 5.25. The van der Waals surface area contributed by atoms with Gasteiger partial charge in [-0.2, -0.15) is 0 Å². The minimum atomic E-state index is -0.242. The topological polar surface area (TPSA) is 74.9 Å². The Bertz CT molecular complexity index is 1360. The van der Waals surface area contributed by atoms with Gasteiger partial charge in [-0.3, -0.25) is 10.2 Å². The number of benzene rings is 1. The van der Waals surface area contributed by atoms with Crippen molar-refractivity contribution in [1.29, 1.82) is 5.41 Å². The van der Waals surface area contributed by atoms with Crippen molar-refractivity contribution in [2.45, 2.75) is 19.4 Å². The molecule has 0 saturated carbocycles. The van der Waals surface area contributed by atoms with E-state index in [2.05, 4.69) is 15.3 Å². The van der Waals surface area contributed by atoms with Gasteiger partial charge < -0.3 is 4.90 Å². The van der Waals surface area contributed by atoms with E-state index in [0.717, 1.165) is 29.8 Å². The van der Waals surface area contributed by atoms with Gasteiger partial charge in [0.05, 0.1) is 26.6 Å². The highest BCUT2D eigenvalue weighted by Crippen LogP contribution is 2.30. The van der Waals surface area contributed by atoms with Crippen molar-refractivity contribution >= 4 is 51.3 Å². The molecule has 3 aromatic heterocycles. The molecule has 4 heterocycles. The van der Waals surface area contributed by atoms with Crippen molar-refractivity contribution in [2.75, 3.05) is 6.54 Å². The molecular weight excluding hydrogens is 453 g/mol. The molecule has 31 heavy (non-hydrogen) atoms. The van der Waals surface area contributed by atoms with E-state index in [4.69, 9.17) is 33.6 Å². The van der Waals surface area contributed by atoms with E-state index in [1.165, 1.54) is 22.1 Å². The third kappa shape index (κ3) is 3.84. The molecule has 0 amide bonds. The molecule has 1 aliphatic heterocycles. The number of hydrogen-bond acceptors (Lipinski definition) is 5. The summed E-state index contributed by atoms with van der Waals surface area (Å²) in [6, 6.07) is 10.5. The number of nitrogens with zero attached hydrogens (tertiary/aromatic N) is 4. The smallest absolute Gasteiger partial charge is 0.267 e. The fourth-order valence-corrected chi connectivity index (χ4v) is 4.90. The average molecular weight is 470 g/mol. The standard InChI is InChI=1S/C22H17Cl2N5OS/c23-14-3-5-17-16(9-14)22(30)29(20-6-4-15(24)10-26-20)21(27-17)18-8-13(12-31-18)11-28-7-1-2-19(28)25/h3-6,8-10,12,25H,1-2,7,11H2. The predicted octanol–water partition coefficient (Wildman–Crippen LogP) is 5.39. The summed E-state index contributed by atoms with van der Waals surface area (Å²) in [5.74, 6) is 1.63. The number of pyridine rings is 1. The van der Waals surface area contributed by atoms with Crippen molar-refractivity contribution in [2.24, 2.45) is 0 Å². The van der Waals surface area contributed by atoms with Gasteiger partial charge in [0.25, 0.3) is 5.56 Å². The summed E-state index contributed by atoms with van der Waals surface area (Å²) in [6.07, 6.45) is 3.36. The summed E-state index contributed by atoms with van der Waals surface area (Å²) in [4.78, 5) is 25.5. The average Bonchev–Trinajstić information content (AvgIpc) is 3.39. The summed E-state index contributed by atoms with van der Waals surface area (Å²) < 4.78 is 1.50. The molecule has 1 N–H and O–H groups in total. The lowest BCUT2D eigenvalue weighted by Crippen LogP contribution is -2.23. The number of halogens is 2. The van der Waals surface area contributed by atoms with Crippen LogP contribution in [0.25, 0.3) is 27.4 Å². The molecule has 6 nitrogen and oxygen atoms in total. The third-order valence-electron chi connectivity index (χ3n) is 5.24. The van der Waals surface area contributed by atoms with E-state index in [1.807, 2.05) is 6.07 Å². The Hall–Kier alpha value is -2.74. The van der Waals surface area contributed by atoms with Gasteiger partial charge in [-0.05, 0) is 53.8 Å². The molecule has 1 aliphatic rings. The van der Waals surface area contributed by atoms with Crippen LogP contribution in [0, 0.1) is 5.41 Å². The minimum Gasteiger partial charge on any atom is -0.356 e. The lowest BCUT2D eigenvalue weighted by Gasteiger charge is -2.16. The zero-order valence-corrected chi connectivity index (χ0v) is 18.6. The van der Waals surface area contributed by atoms with Crippen LogP contribution in [0.2, 0.25) is 10.0 Å². The first-order valence-electron chi connectivity index (χ1n) is 9.74. The van der Waals surface area contributed by atoms with Crippen LogP contribution in [0.15, 0.2) is 52.8 Å². The van der Waals surface area contributed by atoms with Crippen molar-refractivity contribution in [3.63, 3.8) is 0 Å². The summed E-state index contributed by atoms with van der Waals surface area (Å²) in [5, 5.41) is 11.5. The Morgan fingerprint density at radius 3 is 2.71 bits per heavy atom. The molecule has 1 aromatic carbocycles. The second-order valence-corrected chi connectivity index (χ2v) is 9.15. The fourth-order valence-electron chi connectivity index (χ4n) is 3.74.